The third kappa shape index (κ3) is 3.57. The minimum atomic E-state index is 0.580. The Morgan fingerprint density at radius 1 is 0.800 bits per heavy atom. The van der Waals surface area contributed by atoms with E-state index in [9.17, 15) is 0 Å². The number of aryl methyl sites for hydroxylation is 1. The van der Waals surface area contributed by atoms with Gasteiger partial charge in [0.15, 0.2) is 0 Å². The summed E-state index contributed by atoms with van der Waals surface area (Å²) < 4.78 is 11.7. The van der Waals surface area contributed by atoms with E-state index in [4.69, 9.17) is 8.83 Å². The van der Waals surface area contributed by atoms with E-state index in [0.29, 0.717) is 5.71 Å². The van der Waals surface area contributed by atoms with Gasteiger partial charge in [-0.25, -0.2) is 9.97 Å². The van der Waals surface area contributed by atoms with Gasteiger partial charge in [-0.2, -0.15) is 0 Å². The molecule has 0 aliphatic rings. The lowest BCUT2D eigenvalue weighted by atomic mass is 9.99. The van der Waals surface area contributed by atoms with Crippen molar-refractivity contribution >= 4 is 16.9 Å². The molecule has 0 aliphatic carbocycles. The van der Waals surface area contributed by atoms with Crippen molar-refractivity contribution in [2.24, 2.45) is 0 Å². The zero-order chi connectivity index (χ0) is 20.2. The predicted octanol–water partition coefficient (Wildman–Crippen LogP) is 6.19. The van der Waals surface area contributed by atoms with Gasteiger partial charge in [-0.15, -0.1) is 0 Å². The summed E-state index contributed by atoms with van der Waals surface area (Å²) in [6.07, 6.45) is 5.06. The number of hydrogen-bond donors (Lipinski definition) is 1. The fraction of sp³-hybridized carbons (Fsp3) is 0.120. The van der Waals surface area contributed by atoms with Crippen molar-refractivity contribution in [1.29, 1.82) is 0 Å². The second-order valence-electron chi connectivity index (χ2n) is 7.05. The Hall–Kier alpha value is -3.86. The molecule has 148 valence electrons. The van der Waals surface area contributed by atoms with Crippen LogP contribution >= 0.6 is 0 Å². The molecule has 0 aliphatic heterocycles. The summed E-state index contributed by atoms with van der Waals surface area (Å²) in [7, 11) is 0. The van der Waals surface area contributed by atoms with E-state index >= 15 is 0 Å². The van der Waals surface area contributed by atoms with Crippen LogP contribution in [0.5, 0.6) is 0 Å². The summed E-state index contributed by atoms with van der Waals surface area (Å²) in [4.78, 5) is 8.94. The van der Waals surface area contributed by atoms with E-state index in [1.165, 1.54) is 0 Å². The van der Waals surface area contributed by atoms with E-state index < -0.39 is 0 Å². The van der Waals surface area contributed by atoms with Crippen molar-refractivity contribution in [2.75, 3.05) is 11.9 Å². The molecule has 2 aromatic carbocycles. The van der Waals surface area contributed by atoms with Crippen LogP contribution in [0, 0.1) is 0 Å². The Labute approximate surface area is 174 Å². The standard InChI is InChI=1S/C25H21N3O2/c1-3-9-18(10-4-1)21-22-24(26-15-7-13-20-14-8-16-29-20)27-17-28-25(22)30-23(21)19-11-5-2-6-12-19/h1-6,8-12,14,16-17H,7,13,15H2,(H,26,27,28). The molecule has 5 aromatic rings. The number of anilines is 1. The molecule has 0 amide bonds. The normalized spacial score (nSPS) is 11.1. The molecule has 5 rings (SSSR count). The van der Waals surface area contributed by atoms with Gasteiger partial charge in [0.2, 0.25) is 5.71 Å². The molecule has 3 heterocycles. The molecule has 0 spiro atoms. The molecule has 0 fully saturated rings. The van der Waals surface area contributed by atoms with E-state index in [-0.39, 0.29) is 0 Å². The zero-order valence-corrected chi connectivity index (χ0v) is 16.4. The summed E-state index contributed by atoms with van der Waals surface area (Å²) in [6, 6.07) is 24.3. The molecular weight excluding hydrogens is 374 g/mol. The lowest BCUT2D eigenvalue weighted by Crippen LogP contribution is -2.05. The number of rotatable bonds is 7. The topological polar surface area (TPSA) is 64.1 Å². The molecule has 0 saturated heterocycles. The van der Waals surface area contributed by atoms with Crippen molar-refractivity contribution < 1.29 is 8.83 Å². The van der Waals surface area contributed by atoms with Crippen LogP contribution in [0.1, 0.15) is 12.2 Å². The Kier molecular flexibility index (Phi) is 5.00. The van der Waals surface area contributed by atoms with Crippen LogP contribution in [0.4, 0.5) is 5.82 Å². The summed E-state index contributed by atoms with van der Waals surface area (Å²) in [5, 5.41) is 4.38. The quantitative estimate of drug-likeness (QED) is 0.333. The van der Waals surface area contributed by atoms with Crippen LogP contribution < -0.4 is 5.32 Å². The first-order chi connectivity index (χ1) is 14.9. The summed E-state index contributed by atoms with van der Waals surface area (Å²) in [5.41, 5.74) is 3.67. The van der Waals surface area contributed by atoms with Gasteiger partial charge in [0.1, 0.15) is 23.7 Å². The Morgan fingerprint density at radius 3 is 2.30 bits per heavy atom. The number of benzene rings is 2. The maximum atomic E-state index is 6.24. The first kappa shape index (κ1) is 18.2. The van der Waals surface area contributed by atoms with Crippen molar-refractivity contribution in [2.45, 2.75) is 12.8 Å². The van der Waals surface area contributed by atoms with Crippen LogP contribution in [0.25, 0.3) is 33.6 Å². The highest BCUT2D eigenvalue weighted by molar-refractivity contribution is 6.05. The highest BCUT2D eigenvalue weighted by Gasteiger charge is 2.21. The van der Waals surface area contributed by atoms with Crippen molar-refractivity contribution in [3.63, 3.8) is 0 Å². The molecule has 0 radical (unpaired) electrons. The van der Waals surface area contributed by atoms with Gasteiger partial charge in [-0.3, -0.25) is 0 Å². The lowest BCUT2D eigenvalue weighted by molar-refractivity contribution is 0.504. The number of fused-ring (bicyclic) bond motifs is 1. The number of nitrogens with one attached hydrogen (secondary N) is 1. The number of aromatic nitrogens is 2. The van der Waals surface area contributed by atoms with Crippen LogP contribution in [-0.2, 0) is 6.42 Å². The number of nitrogens with zero attached hydrogens (tertiary/aromatic N) is 2. The molecule has 5 heteroatoms. The highest BCUT2D eigenvalue weighted by Crippen LogP contribution is 2.42. The number of hydrogen-bond acceptors (Lipinski definition) is 5. The SMILES string of the molecule is c1ccc(-c2oc3ncnc(NCCCc4ccco4)c3c2-c2ccccc2)cc1. The van der Waals surface area contributed by atoms with Crippen LogP contribution in [0.15, 0.2) is 94.2 Å². The van der Waals surface area contributed by atoms with E-state index in [0.717, 1.165) is 58.8 Å². The van der Waals surface area contributed by atoms with Gasteiger partial charge in [-0.05, 0) is 24.1 Å². The lowest BCUT2D eigenvalue weighted by Gasteiger charge is -2.08. The maximum Gasteiger partial charge on any atom is 0.232 e. The van der Waals surface area contributed by atoms with Gasteiger partial charge in [-0.1, -0.05) is 60.7 Å². The second-order valence-corrected chi connectivity index (χ2v) is 7.05. The monoisotopic (exact) mass is 395 g/mol. The Balaban J connectivity index is 1.54. The summed E-state index contributed by atoms with van der Waals surface area (Å²) >= 11 is 0. The van der Waals surface area contributed by atoms with Gasteiger partial charge in [0, 0.05) is 24.1 Å². The van der Waals surface area contributed by atoms with E-state index in [1.54, 1.807) is 12.6 Å². The van der Waals surface area contributed by atoms with Gasteiger partial charge >= 0.3 is 0 Å². The Morgan fingerprint density at radius 2 is 1.57 bits per heavy atom. The minimum Gasteiger partial charge on any atom is -0.469 e. The maximum absolute atomic E-state index is 6.24. The van der Waals surface area contributed by atoms with Gasteiger partial charge < -0.3 is 14.2 Å². The molecule has 0 bridgehead atoms. The molecular formula is C25H21N3O2. The van der Waals surface area contributed by atoms with Crippen LogP contribution in [0.2, 0.25) is 0 Å². The fourth-order valence-corrected chi connectivity index (χ4v) is 3.66. The molecule has 0 atom stereocenters. The average Bonchev–Trinajstić information content (AvgIpc) is 3.46. The first-order valence-corrected chi connectivity index (χ1v) is 10.0. The second kappa shape index (κ2) is 8.25. The number of furan rings is 2. The van der Waals surface area contributed by atoms with Crippen LogP contribution in [-0.4, -0.2) is 16.5 Å². The summed E-state index contributed by atoms with van der Waals surface area (Å²) in [5.74, 6) is 2.57. The summed E-state index contributed by atoms with van der Waals surface area (Å²) in [6.45, 7) is 0.771. The fourth-order valence-electron chi connectivity index (χ4n) is 3.66. The minimum absolute atomic E-state index is 0.580. The third-order valence-electron chi connectivity index (χ3n) is 5.06. The molecule has 0 saturated carbocycles. The largest absolute Gasteiger partial charge is 0.469 e. The first-order valence-electron chi connectivity index (χ1n) is 10.0. The molecule has 5 nitrogen and oxygen atoms in total. The van der Waals surface area contributed by atoms with E-state index in [2.05, 4.69) is 27.4 Å². The van der Waals surface area contributed by atoms with Crippen molar-refractivity contribution in [3.8, 4) is 22.5 Å². The predicted molar refractivity (Wildman–Crippen MR) is 118 cm³/mol. The smallest absolute Gasteiger partial charge is 0.232 e. The molecule has 3 aromatic heterocycles. The third-order valence-corrected chi connectivity index (χ3v) is 5.06. The molecule has 0 unspecified atom stereocenters. The van der Waals surface area contributed by atoms with Crippen LogP contribution in [0.3, 0.4) is 0 Å². The molecule has 30 heavy (non-hydrogen) atoms. The van der Waals surface area contributed by atoms with E-state index in [1.807, 2.05) is 60.7 Å². The van der Waals surface area contributed by atoms with Crippen molar-refractivity contribution in [3.05, 3.63) is 91.1 Å². The van der Waals surface area contributed by atoms with Crippen molar-refractivity contribution in [1.82, 2.24) is 9.97 Å². The van der Waals surface area contributed by atoms with Gasteiger partial charge in [0.05, 0.1) is 11.6 Å². The molecule has 1 N–H and O–H groups in total. The average molecular weight is 395 g/mol. The van der Waals surface area contributed by atoms with Gasteiger partial charge in [0.25, 0.3) is 0 Å². The highest BCUT2D eigenvalue weighted by atomic mass is 16.3. The zero-order valence-electron chi connectivity index (χ0n) is 16.4. The Bertz CT molecular complexity index is 1230.